The molecule has 0 saturated heterocycles. The van der Waals surface area contributed by atoms with E-state index in [-0.39, 0.29) is 10.8 Å². The van der Waals surface area contributed by atoms with Gasteiger partial charge in [-0.3, -0.25) is 4.79 Å². The van der Waals surface area contributed by atoms with Gasteiger partial charge in [-0.2, -0.15) is 0 Å². The van der Waals surface area contributed by atoms with Crippen LogP contribution in [-0.2, 0) is 10.0 Å². The molecule has 3 rings (SSSR count). The maximum absolute atomic E-state index is 13.1. The number of thioether (sulfide) groups is 1. The predicted octanol–water partition coefficient (Wildman–Crippen LogP) is 3.47. The minimum atomic E-state index is -3.50. The fourth-order valence-electron chi connectivity index (χ4n) is 2.83. The Kier molecular flexibility index (Phi) is 5.41. The summed E-state index contributed by atoms with van der Waals surface area (Å²) in [4.78, 5) is 16.1. The van der Waals surface area contributed by atoms with E-state index in [1.54, 1.807) is 28.8 Å². The Bertz CT molecular complexity index is 909. The van der Waals surface area contributed by atoms with Gasteiger partial charge < -0.3 is 4.90 Å². The summed E-state index contributed by atoms with van der Waals surface area (Å²) in [5.74, 6) is -0.110. The number of sulfonamides is 1. The molecule has 1 atom stereocenters. The van der Waals surface area contributed by atoms with Crippen LogP contribution in [0.4, 0.5) is 5.69 Å². The number of hydrogen-bond donors (Lipinski definition) is 0. The van der Waals surface area contributed by atoms with E-state index < -0.39 is 10.0 Å². The number of amides is 1. The molecular weight excluding hydrogens is 368 g/mol. The molecule has 5 nitrogen and oxygen atoms in total. The first-order chi connectivity index (χ1) is 12.3. The van der Waals surface area contributed by atoms with Gasteiger partial charge in [0.1, 0.15) is 0 Å². The fraction of sp³-hybridized carbons (Fsp3) is 0.316. The van der Waals surface area contributed by atoms with Gasteiger partial charge in [-0.05, 0) is 42.8 Å². The molecule has 1 aliphatic heterocycles. The summed E-state index contributed by atoms with van der Waals surface area (Å²) < 4.78 is 25.5. The highest BCUT2D eigenvalue weighted by Gasteiger charge is 2.25. The number of hydrogen-bond acceptors (Lipinski definition) is 4. The van der Waals surface area contributed by atoms with E-state index in [9.17, 15) is 13.2 Å². The van der Waals surface area contributed by atoms with Crippen LogP contribution in [0.2, 0.25) is 0 Å². The monoisotopic (exact) mass is 390 g/mol. The van der Waals surface area contributed by atoms with E-state index in [0.717, 1.165) is 21.3 Å². The van der Waals surface area contributed by atoms with Crippen molar-refractivity contribution >= 4 is 33.4 Å². The van der Waals surface area contributed by atoms with E-state index in [4.69, 9.17) is 0 Å². The molecule has 2 aromatic carbocycles. The van der Waals surface area contributed by atoms with E-state index in [1.165, 1.54) is 26.2 Å². The van der Waals surface area contributed by atoms with Gasteiger partial charge in [0.2, 0.25) is 10.0 Å². The number of anilines is 1. The molecule has 138 valence electrons. The van der Waals surface area contributed by atoms with Crippen LogP contribution in [0, 0.1) is 0 Å². The number of benzene rings is 2. The first-order valence-corrected chi connectivity index (χ1v) is 10.7. The SMILES string of the molecule is C[C@H]1CCN(C(=O)c2ccc(S(=O)(=O)N(C)C)cc2)c2ccccc2S1. The lowest BCUT2D eigenvalue weighted by atomic mass is 10.1. The zero-order valence-electron chi connectivity index (χ0n) is 15.0. The van der Waals surface area contributed by atoms with Crippen LogP contribution in [-0.4, -0.2) is 44.5 Å². The van der Waals surface area contributed by atoms with E-state index in [1.807, 2.05) is 24.3 Å². The lowest BCUT2D eigenvalue weighted by molar-refractivity contribution is 0.0986. The second-order valence-corrected chi connectivity index (χ2v) is 10.1. The topological polar surface area (TPSA) is 57.7 Å². The summed E-state index contributed by atoms with van der Waals surface area (Å²) in [7, 11) is -0.526. The van der Waals surface area contributed by atoms with Crippen molar-refractivity contribution in [2.75, 3.05) is 25.5 Å². The molecule has 0 aliphatic carbocycles. The second kappa shape index (κ2) is 7.42. The summed E-state index contributed by atoms with van der Waals surface area (Å²) in [6.45, 7) is 2.80. The Morgan fingerprint density at radius 3 is 2.42 bits per heavy atom. The van der Waals surface area contributed by atoms with Crippen LogP contribution in [0.25, 0.3) is 0 Å². The highest BCUT2D eigenvalue weighted by Crippen LogP contribution is 2.37. The lowest BCUT2D eigenvalue weighted by Crippen LogP contribution is -2.32. The number of para-hydroxylation sites is 1. The molecule has 1 heterocycles. The van der Waals surface area contributed by atoms with Crippen molar-refractivity contribution in [1.29, 1.82) is 0 Å². The number of rotatable bonds is 3. The molecular formula is C19H22N2O3S2. The molecule has 0 saturated carbocycles. The van der Waals surface area contributed by atoms with Gasteiger partial charge in [-0.1, -0.05) is 19.1 Å². The molecule has 2 aromatic rings. The molecule has 7 heteroatoms. The quantitative estimate of drug-likeness (QED) is 0.805. The van der Waals surface area contributed by atoms with Gasteiger partial charge in [0.25, 0.3) is 5.91 Å². The Balaban J connectivity index is 1.92. The zero-order chi connectivity index (χ0) is 18.9. The smallest absolute Gasteiger partial charge is 0.258 e. The van der Waals surface area contributed by atoms with Crippen LogP contribution < -0.4 is 4.90 Å². The van der Waals surface area contributed by atoms with Crippen molar-refractivity contribution in [3.8, 4) is 0 Å². The average molecular weight is 391 g/mol. The molecule has 0 fully saturated rings. The molecule has 0 spiro atoms. The van der Waals surface area contributed by atoms with Crippen LogP contribution in [0.1, 0.15) is 23.7 Å². The van der Waals surface area contributed by atoms with Gasteiger partial charge in [0.05, 0.1) is 10.6 Å². The lowest BCUT2D eigenvalue weighted by Gasteiger charge is -2.22. The Morgan fingerprint density at radius 2 is 1.77 bits per heavy atom. The molecule has 0 N–H and O–H groups in total. The largest absolute Gasteiger partial charge is 0.307 e. The number of carbonyl (C=O) groups excluding carboxylic acids is 1. The third kappa shape index (κ3) is 3.65. The van der Waals surface area contributed by atoms with Gasteiger partial charge in [-0.25, -0.2) is 12.7 Å². The zero-order valence-corrected chi connectivity index (χ0v) is 16.7. The Labute approximate surface area is 159 Å². The molecule has 0 aromatic heterocycles. The number of fused-ring (bicyclic) bond motifs is 1. The van der Waals surface area contributed by atoms with Crippen molar-refractivity contribution in [2.45, 2.75) is 28.4 Å². The summed E-state index contributed by atoms with van der Waals surface area (Å²) >= 11 is 1.78. The van der Waals surface area contributed by atoms with Crippen molar-refractivity contribution in [3.05, 3.63) is 54.1 Å². The van der Waals surface area contributed by atoms with E-state index in [2.05, 4.69) is 6.92 Å². The second-order valence-electron chi connectivity index (χ2n) is 6.45. The highest BCUT2D eigenvalue weighted by atomic mass is 32.2. The Morgan fingerprint density at radius 1 is 1.12 bits per heavy atom. The minimum Gasteiger partial charge on any atom is -0.307 e. The number of carbonyl (C=O) groups is 1. The van der Waals surface area contributed by atoms with Crippen molar-refractivity contribution in [3.63, 3.8) is 0 Å². The van der Waals surface area contributed by atoms with Crippen LogP contribution in [0.5, 0.6) is 0 Å². The summed E-state index contributed by atoms with van der Waals surface area (Å²) in [5.41, 5.74) is 1.40. The maximum atomic E-state index is 13.1. The fourth-order valence-corrected chi connectivity index (χ4v) is 4.85. The first-order valence-electron chi connectivity index (χ1n) is 8.41. The molecule has 0 radical (unpaired) electrons. The predicted molar refractivity (Wildman–Crippen MR) is 105 cm³/mol. The van der Waals surface area contributed by atoms with Gasteiger partial charge in [0.15, 0.2) is 0 Å². The van der Waals surface area contributed by atoms with E-state index in [0.29, 0.717) is 17.4 Å². The van der Waals surface area contributed by atoms with Crippen molar-refractivity contribution < 1.29 is 13.2 Å². The normalized spacial score (nSPS) is 17.7. The summed E-state index contributed by atoms with van der Waals surface area (Å²) in [5, 5.41) is 0.432. The van der Waals surface area contributed by atoms with Gasteiger partial charge >= 0.3 is 0 Å². The third-order valence-corrected chi connectivity index (χ3v) is 7.43. The summed E-state index contributed by atoms with van der Waals surface area (Å²) in [6.07, 6.45) is 0.901. The first kappa shape index (κ1) is 18.9. The third-order valence-electron chi connectivity index (χ3n) is 4.37. The van der Waals surface area contributed by atoms with Crippen molar-refractivity contribution in [1.82, 2.24) is 4.31 Å². The molecule has 26 heavy (non-hydrogen) atoms. The highest BCUT2D eigenvalue weighted by molar-refractivity contribution is 8.00. The van der Waals surface area contributed by atoms with Crippen LogP contribution in [0.15, 0.2) is 58.3 Å². The van der Waals surface area contributed by atoms with Gasteiger partial charge in [-0.15, -0.1) is 11.8 Å². The Hall–Kier alpha value is -1.83. The van der Waals surface area contributed by atoms with E-state index >= 15 is 0 Å². The molecule has 0 bridgehead atoms. The van der Waals surface area contributed by atoms with Crippen LogP contribution >= 0.6 is 11.8 Å². The number of nitrogens with zero attached hydrogens (tertiary/aromatic N) is 2. The minimum absolute atomic E-state index is 0.110. The summed E-state index contributed by atoms with van der Waals surface area (Å²) in [6, 6.07) is 14.1. The molecule has 1 amide bonds. The van der Waals surface area contributed by atoms with Crippen LogP contribution in [0.3, 0.4) is 0 Å². The van der Waals surface area contributed by atoms with Gasteiger partial charge in [0, 0.05) is 36.3 Å². The van der Waals surface area contributed by atoms with Crippen molar-refractivity contribution in [2.24, 2.45) is 0 Å². The average Bonchev–Trinajstić information content (AvgIpc) is 2.79. The standard InChI is InChI=1S/C19H22N2O3S2/c1-14-12-13-21(17-6-4-5-7-18(17)25-14)19(22)15-8-10-16(11-9-15)26(23,24)20(2)3/h4-11,14H,12-13H2,1-3H3/t14-/m0/s1. The molecule has 0 unspecified atom stereocenters. The molecule has 1 aliphatic rings. The maximum Gasteiger partial charge on any atom is 0.258 e.